The van der Waals surface area contributed by atoms with Gasteiger partial charge in [0, 0.05) is 46.7 Å². The van der Waals surface area contributed by atoms with E-state index in [1.807, 2.05) is 18.2 Å². The Labute approximate surface area is 115 Å². The molecule has 0 saturated heterocycles. The second kappa shape index (κ2) is 4.38. The van der Waals surface area contributed by atoms with Gasteiger partial charge in [0.2, 0.25) is 5.70 Å². The van der Waals surface area contributed by atoms with Crippen molar-refractivity contribution in [1.82, 2.24) is 4.57 Å². The van der Waals surface area contributed by atoms with E-state index in [0.29, 0.717) is 5.02 Å². The molecule has 1 aliphatic rings. The van der Waals surface area contributed by atoms with Gasteiger partial charge in [0.25, 0.3) is 0 Å². The second-order valence-electron chi connectivity index (χ2n) is 4.82. The van der Waals surface area contributed by atoms with Crippen molar-refractivity contribution in [3.63, 3.8) is 0 Å². The van der Waals surface area contributed by atoms with Crippen molar-refractivity contribution < 1.29 is 4.92 Å². The zero-order valence-corrected chi connectivity index (χ0v) is 11.3. The summed E-state index contributed by atoms with van der Waals surface area (Å²) in [6, 6.07) is 5.75. The van der Waals surface area contributed by atoms with Gasteiger partial charge in [-0.1, -0.05) is 11.6 Å². The second-order valence-corrected chi connectivity index (χ2v) is 5.26. The Morgan fingerprint density at radius 2 is 2.32 bits per heavy atom. The van der Waals surface area contributed by atoms with E-state index in [4.69, 9.17) is 11.6 Å². The zero-order chi connectivity index (χ0) is 13.6. The average Bonchev–Trinajstić information content (AvgIpc) is 2.92. The molecule has 4 nitrogen and oxygen atoms in total. The molecule has 0 amide bonds. The van der Waals surface area contributed by atoms with Gasteiger partial charge < -0.3 is 4.57 Å². The summed E-state index contributed by atoms with van der Waals surface area (Å²) in [5, 5.41) is 12.5. The van der Waals surface area contributed by atoms with Crippen LogP contribution in [0.15, 0.2) is 23.9 Å². The van der Waals surface area contributed by atoms with E-state index in [2.05, 4.69) is 4.57 Å². The number of aromatic nitrogens is 1. The number of hydrogen-bond donors (Lipinski definition) is 0. The van der Waals surface area contributed by atoms with Crippen LogP contribution in [0.3, 0.4) is 0 Å². The van der Waals surface area contributed by atoms with E-state index >= 15 is 0 Å². The van der Waals surface area contributed by atoms with Crippen LogP contribution in [-0.4, -0.2) is 9.49 Å². The fraction of sp³-hybridized carbons (Fsp3) is 0.286. The Morgan fingerprint density at radius 3 is 3.05 bits per heavy atom. The largest absolute Gasteiger partial charge is 0.344 e. The highest BCUT2D eigenvalue weighted by Crippen LogP contribution is 2.34. The van der Waals surface area contributed by atoms with Crippen LogP contribution in [-0.2, 0) is 13.0 Å². The van der Waals surface area contributed by atoms with Crippen molar-refractivity contribution in [2.45, 2.75) is 26.3 Å². The van der Waals surface area contributed by atoms with Crippen LogP contribution in [0.2, 0.25) is 5.02 Å². The van der Waals surface area contributed by atoms with Crippen molar-refractivity contribution in [1.29, 1.82) is 0 Å². The lowest BCUT2D eigenvalue weighted by Crippen LogP contribution is -1.94. The maximum absolute atomic E-state index is 10.8. The number of nitrogens with zero attached hydrogens (tertiary/aromatic N) is 2. The summed E-state index contributed by atoms with van der Waals surface area (Å²) >= 11 is 6.05. The van der Waals surface area contributed by atoms with E-state index in [-0.39, 0.29) is 10.6 Å². The fourth-order valence-electron chi connectivity index (χ4n) is 2.76. The molecule has 1 aliphatic heterocycles. The van der Waals surface area contributed by atoms with Crippen LogP contribution in [0.4, 0.5) is 0 Å². The van der Waals surface area contributed by atoms with Crippen LogP contribution < -0.4 is 0 Å². The predicted molar refractivity (Wildman–Crippen MR) is 75.9 cm³/mol. The first-order chi connectivity index (χ1) is 9.08. The molecular formula is C14H13ClN2O2. The van der Waals surface area contributed by atoms with Crippen LogP contribution in [0, 0.1) is 10.1 Å². The number of nitro groups is 1. The molecule has 1 aromatic heterocycles. The third-order valence-corrected chi connectivity index (χ3v) is 3.85. The van der Waals surface area contributed by atoms with Gasteiger partial charge in [0.05, 0.1) is 4.92 Å². The Morgan fingerprint density at radius 1 is 1.53 bits per heavy atom. The molecule has 1 aromatic carbocycles. The standard InChI is InChI=1S/C14H13ClN2O2/c1-9(17(18)19)7-11-12-8-10(15)4-5-14(12)16-6-2-3-13(11)16/h4-5,7-8H,2-3,6H2,1H3/b9-7+. The summed E-state index contributed by atoms with van der Waals surface area (Å²) in [6.45, 7) is 2.49. The van der Waals surface area contributed by atoms with Gasteiger partial charge >= 0.3 is 0 Å². The van der Waals surface area contributed by atoms with E-state index in [1.165, 1.54) is 12.6 Å². The van der Waals surface area contributed by atoms with Crippen molar-refractivity contribution in [3.05, 3.63) is 50.3 Å². The Kier molecular flexibility index (Phi) is 2.82. The molecule has 0 radical (unpaired) electrons. The van der Waals surface area contributed by atoms with E-state index < -0.39 is 0 Å². The van der Waals surface area contributed by atoms with Crippen molar-refractivity contribution in [3.8, 4) is 0 Å². The lowest BCUT2D eigenvalue weighted by Gasteiger charge is -1.99. The molecule has 0 bridgehead atoms. The lowest BCUT2D eigenvalue weighted by molar-refractivity contribution is -0.422. The monoisotopic (exact) mass is 276 g/mol. The maximum Gasteiger partial charge on any atom is 0.243 e. The third kappa shape index (κ3) is 1.92. The first-order valence-corrected chi connectivity index (χ1v) is 6.59. The number of fused-ring (bicyclic) bond motifs is 3. The smallest absolute Gasteiger partial charge is 0.243 e. The SMILES string of the molecule is C/C(=C\c1c2n(c3ccc(Cl)cc13)CCC2)[N+](=O)[O-]. The van der Waals surface area contributed by atoms with Crippen molar-refractivity contribution >= 4 is 28.6 Å². The van der Waals surface area contributed by atoms with Gasteiger partial charge in [-0.2, -0.15) is 0 Å². The maximum atomic E-state index is 10.8. The van der Waals surface area contributed by atoms with Gasteiger partial charge in [0.15, 0.2) is 0 Å². The van der Waals surface area contributed by atoms with Crippen molar-refractivity contribution in [2.75, 3.05) is 0 Å². The highest BCUT2D eigenvalue weighted by molar-refractivity contribution is 6.31. The summed E-state index contributed by atoms with van der Waals surface area (Å²) in [5.41, 5.74) is 3.39. The molecule has 0 spiro atoms. The Balaban J connectivity index is 2.31. The minimum Gasteiger partial charge on any atom is -0.344 e. The molecule has 0 atom stereocenters. The van der Waals surface area contributed by atoms with E-state index in [1.54, 1.807) is 6.08 Å². The quantitative estimate of drug-likeness (QED) is 0.617. The Bertz CT molecular complexity index is 716. The summed E-state index contributed by atoms with van der Waals surface area (Å²) < 4.78 is 2.24. The van der Waals surface area contributed by atoms with Gasteiger partial charge in [0.1, 0.15) is 0 Å². The van der Waals surface area contributed by atoms with Crippen molar-refractivity contribution in [2.24, 2.45) is 0 Å². The third-order valence-electron chi connectivity index (χ3n) is 3.61. The van der Waals surface area contributed by atoms with E-state index in [9.17, 15) is 10.1 Å². The summed E-state index contributed by atoms with van der Waals surface area (Å²) in [6.07, 6.45) is 3.71. The minimum absolute atomic E-state index is 0.155. The van der Waals surface area contributed by atoms with Gasteiger partial charge in [-0.05, 0) is 31.0 Å². The number of allylic oxidation sites excluding steroid dienone is 1. The summed E-state index contributed by atoms with van der Waals surface area (Å²) in [5.74, 6) is 0. The van der Waals surface area contributed by atoms with Gasteiger partial charge in [-0.3, -0.25) is 10.1 Å². The average molecular weight is 277 g/mol. The van der Waals surface area contributed by atoms with Crippen LogP contribution >= 0.6 is 11.6 Å². The van der Waals surface area contributed by atoms with Crippen LogP contribution in [0.5, 0.6) is 0 Å². The molecule has 0 unspecified atom stereocenters. The molecule has 3 rings (SSSR count). The van der Waals surface area contributed by atoms with E-state index in [0.717, 1.165) is 35.9 Å². The highest BCUT2D eigenvalue weighted by atomic mass is 35.5. The molecule has 5 heteroatoms. The number of benzene rings is 1. The fourth-order valence-corrected chi connectivity index (χ4v) is 2.93. The number of halogens is 1. The molecule has 2 aromatic rings. The normalized spacial score (nSPS) is 14.9. The minimum atomic E-state index is -0.352. The molecular weight excluding hydrogens is 264 g/mol. The van der Waals surface area contributed by atoms with Crippen LogP contribution in [0.1, 0.15) is 24.6 Å². The molecule has 19 heavy (non-hydrogen) atoms. The number of hydrogen-bond acceptors (Lipinski definition) is 2. The Hall–Kier alpha value is -1.81. The molecule has 98 valence electrons. The molecule has 0 N–H and O–H groups in total. The highest BCUT2D eigenvalue weighted by Gasteiger charge is 2.21. The molecule has 0 saturated carbocycles. The first kappa shape index (κ1) is 12.2. The molecule has 2 heterocycles. The lowest BCUT2D eigenvalue weighted by atomic mass is 10.1. The molecule has 0 fully saturated rings. The topological polar surface area (TPSA) is 48.1 Å². The first-order valence-electron chi connectivity index (χ1n) is 6.21. The van der Waals surface area contributed by atoms with Gasteiger partial charge in [-0.25, -0.2) is 0 Å². The zero-order valence-electron chi connectivity index (χ0n) is 10.5. The number of rotatable bonds is 2. The number of aryl methyl sites for hydroxylation is 1. The predicted octanol–water partition coefficient (Wildman–Crippen LogP) is 3.88. The summed E-state index contributed by atoms with van der Waals surface area (Å²) in [4.78, 5) is 10.5. The molecule has 0 aliphatic carbocycles. The van der Waals surface area contributed by atoms with Gasteiger partial charge in [-0.15, -0.1) is 0 Å². The van der Waals surface area contributed by atoms with Crippen LogP contribution in [0.25, 0.3) is 17.0 Å². The summed E-state index contributed by atoms with van der Waals surface area (Å²) in [7, 11) is 0.